The minimum Gasteiger partial charge on any atom is -0.493 e. The third kappa shape index (κ3) is 5.02. The molecule has 30 heavy (non-hydrogen) atoms. The first-order valence-corrected chi connectivity index (χ1v) is 10.1. The van der Waals surface area contributed by atoms with Crippen LogP contribution in [0.4, 0.5) is 0 Å². The third-order valence-electron chi connectivity index (χ3n) is 5.44. The molecule has 1 atom stereocenters. The number of aromatic nitrogens is 1. The Morgan fingerprint density at radius 2 is 1.90 bits per heavy atom. The monoisotopic (exact) mass is 415 g/mol. The summed E-state index contributed by atoms with van der Waals surface area (Å²) in [6.45, 7) is 5.15. The molecule has 0 radical (unpaired) electrons. The first kappa shape index (κ1) is 21.9. The van der Waals surface area contributed by atoms with E-state index in [-0.39, 0.29) is 24.9 Å². The number of nitrogens with zero attached hydrogens (tertiary/aromatic N) is 1. The van der Waals surface area contributed by atoms with Crippen LogP contribution in [0.1, 0.15) is 40.2 Å². The van der Waals surface area contributed by atoms with Gasteiger partial charge >= 0.3 is 5.97 Å². The molecule has 0 saturated carbocycles. The number of hydrogen-bond acceptors (Lipinski definition) is 6. The van der Waals surface area contributed by atoms with Crippen LogP contribution in [0.25, 0.3) is 0 Å². The highest BCUT2D eigenvalue weighted by atomic mass is 16.5. The standard InChI is InChI=1S/C23H29NO6/c1-15-10-19(16(2)24(15)13-18-6-5-9-29-18)20(25)14-30-23(26)12-17-7-8-21(27-3)22(11-17)28-4/h7-8,10-11,18H,5-6,9,12-14H2,1-4H3/t18-/m0/s1. The number of rotatable bonds is 9. The zero-order valence-electron chi connectivity index (χ0n) is 18.0. The van der Waals surface area contributed by atoms with E-state index in [1.54, 1.807) is 25.3 Å². The Balaban J connectivity index is 1.58. The topological polar surface area (TPSA) is 76.0 Å². The summed E-state index contributed by atoms with van der Waals surface area (Å²) in [5, 5.41) is 0. The maximum absolute atomic E-state index is 12.7. The molecule has 2 heterocycles. The van der Waals surface area contributed by atoms with Gasteiger partial charge in [0.15, 0.2) is 18.1 Å². The molecule has 1 aliphatic heterocycles. The first-order valence-electron chi connectivity index (χ1n) is 10.1. The smallest absolute Gasteiger partial charge is 0.310 e. The van der Waals surface area contributed by atoms with Crippen LogP contribution < -0.4 is 9.47 Å². The van der Waals surface area contributed by atoms with Gasteiger partial charge in [-0.15, -0.1) is 0 Å². The van der Waals surface area contributed by atoms with Crippen LogP contribution in [-0.4, -0.2) is 49.9 Å². The van der Waals surface area contributed by atoms with E-state index in [9.17, 15) is 9.59 Å². The van der Waals surface area contributed by atoms with Gasteiger partial charge < -0.3 is 23.5 Å². The van der Waals surface area contributed by atoms with Crippen molar-refractivity contribution >= 4 is 11.8 Å². The highest BCUT2D eigenvalue weighted by molar-refractivity contribution is 5.99. The fraction of sp³-hybridized carbons (Fsp3) is 0.478. The average Bonchev–Trinajstić information content (AvgIpc) is 3.35. The summed E-state index contributed by atoms with van der Waals surface area (Å²) < 4.78 is 23.5. The number of carbonyl (C=O) groups is 2. The van der Waals surface area contributed by atoms with Gasteiger partial charge in [0.2, 0.25) is 5.78 Å². The van der Waals surface area contributed by atoms with Gasteiger partial charge in [0.25, 0.3) is 0 Å². The van der Waals surface area contributed by atoms with Gasteiger partial charge in [0.05, 0.1) is 26.7 Å². The summed E-state index contributed by atoms with van der Waals surface area (Å²) in [5.74, 6) is 0.451. The Bertz CT molecular complexity index is 911. The van der Waals surface area contributed by atoms with Crippen molar-refractivity contribution in [2.45, 2.75) is 45.8 Å². The van der Waals surface area contributed by atoms with E-state index in [4.69, 9.17) is 18.9 Å². The van der Waals surface area contributed by atoms with Gasteiger partial charge in [-0.25, -0.2) is 0 Å². The quantitative estimate of drug-likeness (QED) is 0.462. The number of ether oxygens (including phenoxy) is 4. The van der Waals surface area contributed by atoms with Crippen molar-refractivity contribution < 1.29 is 28.5 Å². The summed E-state index contributed by atoms with van der Waals surface area (Å²) in [6, 6.07) is 7.08. The average molecular weight is 415 g/mol. The Kier molecular flexibility index (Phi) is 7.15. The second-order valence-corrected chi connectivity index (χ2v) is 7.48. The Morgan fingerprint density at radius 1 is 1.13 bits per heavy atom. The van der Waals surface area contributed by atoms with Crippen molar-refractivity contribution in [1.82, 2.24) is 4.57 Å². The highest BCUT2D eigenvalue weighted by Gasteiger charge is 2.21. The minimum absolute atomic E-state index is 0.0473. The van der Waals surface area contributed by atoms with E-state index in [0.717, 1.165) is 42.9 Å². The van der Waals surface area contributed by atoms with Crippen molar-refractivity contribution in [1.29, 1.82) is 0 Å². The largest absolute Gasteiger partial charge is 0.493 e. The summed E-state index contributed by atoms with van der Waals surface area (Å²) >= 11 is 0. The van der Waals surface area contributed by atoms with E-state index in [1.165, 1.54) is 7.11 Å². The number of aryl methyl sites for hydroxylation is 1. The molecule has 0 unspecified atom stereocenters. The van der Waals surface area contributed by atoms with Gasteiger partial charge in [0, 0.05) is 30.1 Å². The molecule has 1 aromatic heterocycles. The lowest BCUT2D eigenvalue weighted by Crippen LogP contribution is -2.18. The minimum atomic E-state index is -0.469. The van der Waals surface area contributed by atoms with Crippen molar-refractivity contribution in [3.8, 4) is 11.5 Å². The molecule has 0 amide bonds. The molecule has 1 saturated heterocycles. The molecule has 7 heteroatoms. The van der Waals surface area contributed by atoms with E-state index < -0.39 is 5.97 Å². The third-order valence-corrected chi connectivity index (χ3v) is 5.44. The predicted octanol–water partition coefficient (Wildman–Crippen LogP) is 3.27. The summed E-state index contributed by atoms with van der Waals surface area (Å²) in [6.07, 6.45) is 2.35. The molecule has 1 fully saturated rings. The lowest BCUT2D eigenvalue weighted by atomic mass is 10.1. The van der Waals surface area contributed by atoms with E-state index >= 15 is 0 Å². The fourth-order valence-electron chi connectivity index (χ4n) is 3.79. The Labute approximate surface area is 176 Å². The van der Waals surface area contributed by atoms with Crippen LogP contribution >= 0.6 is 0 Å². The lowest BCUT2D eigenvalue weighted by Gasteiger charge is -2.14. The molecule has 0 N–H and O–H groups in total. The highest BCUT2D eigenvalue weighted by Crippen LogP contribution is 2.28. The van der Waals surface area contributed by atoms with Crippen LogP contribution in [0.15, 0.2) is 24.3 Å². The molecule has 3 rings (SSSR count). The maximum Gasteiger partial charge on any atom is 0.310 e. The second kappa shape index (κ2) is 9.80. The number of esters is 1. The van der Waals surface area contributed by atoms with Crippen molar-refractivity contribution in [2.24, 2.45) is 0 Å². The SMILES string of the molecule is COc1ccc(CC(=O)OCC(=O)c2cc(C)n(C[C@@H]3CCCO3)c2C)cc1OC. The van der Waals surface area contributed by atoms with E-state index in [1.807, 2.05) is 19.9 Å². The zero-order chi connectivity index (χ0) is 21.7. The summed E-state index contributed by atoms with van der Waals surface area (Å²) in [7, 11) is 3.09. The number of Topliss-reactive ketones (excluding diaryl/α,β-unsaturated/α-hetero) is 1. The molecule has 7 nitrogen and oxygen atoms in total. The molecular weight excluding hydrogens is 386 g/mol. The van der Waals surface area contributed by atoms with Crippen LogP contribution in [0.5, 0.6) is 11.5 Å². The van der Waals surface area contributed by atoms with Crippen LogP contribution in [0.3, 0.4) is 0 Å². The van der Waals surface area contributed by atoms with Gasteiger partial charge in [-0.1, -0.05) is 6.07 Å². The Morgan fingerprint density at radius 3 is 2.57 bits per heavy atom. The zero-order valence-corrected chi connectivity index (χ0v) is 18.0. The molecule has 1 aliphatic rings. The van der Waals surface area contributed by atoms with Gasteiger partial charge in [-0.2, -0.15) is 0 Å². The molecular formula is C23H29NO6. The summed E-state index contributed by atoms with van der Waals surface area (Å²) in [4.78, 5) is 24.9. The number of hydrogen-bond donors (Lipinski definition) is 0. The van der Waals surface area contributed by atoms with Gasteiger partial charge in [0.1, 0.15) is 0 Å². The lowest BCUT2D eigenvalue weighted by molar-refractivity contribution is -0.141. The normalized spacial score (nSPS) is 15.8. The molecule has 2 aromatic rings. The van der Waals surface area contributed by atoms with E-state index in [0.29, 0.717) is 17.1 Å². The molecule has 0 aliphatic carbocycles. The number of carbonyl (C=O) groups excluding carboxylic acids is 2. The second-order valence-electron chi connectivity index (χ2n) is 7.48. The van der Waals surface area contributed by atoms with Crippen molar-refractivity contribution in [3.63, 3.8) is 0 Å². The number of methoxy groups -OCH3 is 2. The van der Waals surface area contributed by atoms with Crippen molar-refractivity contribution in [3.05, 3.63) is 46.8 Å². The fourth-order valence-corrected chi connectivity index (χ4v) is 3.79. The van der Waals surface area contributed by atoms with Gasteiger partial charge in [-0.05, 0) is 50.5 Å². The predicted molar refractivity (Wildman–Crippen MR) is 111 cm³/mol. The van der Waals surface area contributed by atoms with Crippen LogP contribution in [0, 0.1) is 13.8 Å². The van der Waals surface area contributed by atoms with E-state index in [2.05, 4.69) is 4.57 Å². The molecule has 0 spiro atoms. The summed E-state index contributed by atoms with van der Waals surface area (Å²) in [5.41, 5.74) is 3.19. The number of benzene rings is 1. The molecule has 1 aromatic carbocycles. The van der Waals surface area contributed by atoms with Gasteiger partial charge in [-0.3, -0.25) is 9.59 Å². The molecule has 0 bridgehead atoms. The van der Waals surface area contributed by atoms with Crippen LogP contribution in [0.2, 0.25) is 0 Å². The Hall–Kier alpha value is -2.80. The molecule has 162 valence electrons. The van der Waals surface area contributed by atoms with Crippen molar-refractivity contribution in [2.75, 3.05) is 27.4 Å². The first-order chi connectivity index (χ1) is 14.4. The van der Waals surface area contributed by atoms with Crippen LogP contribution in [-0.2, 0) is 27.2 Å². The maximum atomic E-state index is 12.7. The number of ketones is 1.